The van der Waals surface area contributed by atoms with Crippen LogP contribution < -0.4 is 0 Å². The number of hydrogen-bond acceptors (Lipinski definition) is 2. The van der Waals surface area contributed by atoms with Gasteiger partial charge < -0.3 is 4.74 Å². The predicted molar refractivity (Wildman–Crippen MR) is 54.4 cm³/mol. The Bertz CT molecular complexity index is 447. The summed E-state index contributed by atoms with van der Waals surface area (Å²) in [6.07, 6.45) is -3.30. The summed E-state index contributed by atoms with van der Waals surface area (Å²) in [6, 6.07) is 4.89. The Morgan fingerprint density at radius 2 is 2.00 bits per heavy atom. The second-order valence-corrected chi connectivity index (χ2v) is 4.15. The van der Waals surface area contributed by atoms with Gasteiger partial charge in [0.2, 0.25) is 0 Å². The highest BCUT2D eigenvalue weighted by Crippen LogP contribution is 2.49. The normalized spacial score (nSPS) is 17.6. The molecule has 1 aliphatic carbocycles. The fourth-order valence-electron chi connectivity index (χ4n) is 1.92. The molecule has 0 amide bonds. The van der Waals surface area contributed by atoms with E-state index < -0.39 is 23.1 Å². The molecular formula is C12H11F3O2. The smallest absolute Gasteiger partial charge is 0.416 e. The number of carbonyl (C=O) groups excluding carboxylic acids is 1. The maximum atomic E-state index is 12.5. The van der Waals surface area contributed by atoms with Crippen molar-refractivity contribution >= 4 is 5.97 Å². The van der Waals surface area contributed by atoms with Crippen LogP contribution in [0.4, 0.5) is 13.2 Å². The molecule has 1 aromatic rings. The Morgan fingerprint density at radius 3 is 2.47 bits per heavy atom. The number of esters is 1. The molecule has 0 unspecified atom stereocenters. The number of benzene rings is 1. The molecule has 92 valence electrons. The van der Waals surface area contributed by atoms with Crippen LogP contribution in [-0.2, 0) is 21.1 Å². The number of halogens is 3. The molecule has 1 fully saturated rings. The van der Waals surface area contributed by atoms with Gasteiger partial charge in [-0.05, 0) is 24.5 Å². The number of carbonyl (C=O) groups is 1. The molecule has 0 aliphatic heterocycles. The first-order valence-electron chi connectivity index (χ1n) is 5.16. The van der Waals surface area contributed by atoms with Crippen molar-refractivity contribution in [2.75, 3.05) is 7.11 Å². The van der Waals surface area contributed by atoms with Gasteiger partial charge in [0, 0.05) is 0 Å². The van der Waals surface area contributed by atoms with Gasteiger partial charge in [-0.15, -0.1) is 0 Å². The number of rotatable bonds is 2. The Morgan fingerprint density at radius 1 is 1.35 bits per heavy atom. The Kier molecular flexibility index (Phi) is 2.64. The molecule has 0 aromatic heterocycles. The lowest BCUT2D eigenvalue weighted by molar-refractivity contribution is -0.144. The van der Waals surface area contributed by atoms with Gasteiger partial charge in [0.05, 0.1) is 18.1 Å². The highest BCUT2D eigenvalue weighted by Gasteiger charge is 2.53. The van der Waals surface area contributed by atoms with Crippen molar-refractivity contribution in [2.24, 2.45) is 0 Å². The molecule has 1 saturated carbocycles. The lowest BCUT2D eigenvalue weighted by atomic mass is 9.94. The molecule has 0 saturated heterocycles. The van der Waals surface area contributed by atoms with E-state index in [9.17, 15) is 18.0 Å². The average Bonchev–Trinajstić information content (AvgIpc) is 3.08. The molecule has 2 nitrogen and oxygen atoms in total. The fourth-order valence-corrected chi connectivity index (χ4v) is 1.92. The molecule has 1 aromatic carbocycles. The molecule has 0 radical (unpaired) electrons. The van der Waals surface area contributed by atoms with Gasteiger partial charge in [-0.1, -0.05) is 18.2 Å². The monoisotopic (exact) mass is 244 g/mol. The zero-order valence-corrected chi connectivity index (χ0v) is 9.17. The van der Waals surface area contributed by atoms with E-state index in [4.69, 9.17) is 0 Å². The molecule has 1 aliphatic rings. The topological polar surface area (TPSA) is 26.3 Å². The standard InChI is InChI=1S/C12H11F3O2/c1-17-10(16)11(5-6-11)8-3-2-4-9(7-8)12(13,14)15/h2-4,7H,5-6H2,1H3. The van der Waals surface area contributed by atoms with Crippen LogP contribution in [0, 0.1) is 0 Å². The van der Waals surface area contributed by atoms with E-state index in [0.717, 1.165) is 12.1 Å². The number of hydrogen-bond donors (Lipinski definition) is 0. The van der Waals surface area contributed by atoms with E-state index in [1.54, 1.807) is 6.07 Å². The zero-order chi connectivity index (χ0) is 12.7. The van der Waals surface area contributed by atoms with Crippen molar-refractivity contribution in [3.8, 4) is 0 Å². The molecule has 0 spiro atoms. The van der Waals surface area contributed by atoms with E-state index in [1.165, 1.54) is 13.2 Å². The summed E-state index contributed by atoms with van der Waals surface area (Å²) in [4.78, 5) is 11.6. The summed E-state index contributed by atoms with van der Waals surface area (Å²) >= 11 is 0. The lowest BCUT2D eigenvalue weighted by Gasteiger charge is -2.15. The van der Waals surface area contributed by atoms with Crippen LogP contribution in [0.5, 0.6) is 0 Å². The third-order valence-corrected chi connectivity index (χ3v) is 3.07. The second-order valence-electron chi connectivity index (χ2n) is 4.15. The number of alkyl halides is 3. The minimum Gasteiger partial charge on any atom is -0.468 e. The molecule has 0 atom stereocenters. The fraction of sp³-hybridized carbons (Fsp3) is 0.417. The highest BCUT2D eigenvalue weighted by molar-refractivity contribution is 5.86. The van der Waals surface area contributed by atoms with Gasteiger partial charge in [0.1, 0.15) is 0 Å². The maximum Gasteiger partial charge on any atom is 0.416 e. The Labute approximate surface area is 96.4 Å². The molecule has 5 heteroatoms. The molecule has 17 heavy (non-hydrogen) atoms. The number of methoxy groups -OCH3 is 1. The third kappa shape index (κ3) is 2.01. The first-order chi connectivity index (χ1) is 7.90. The van der Waals surface area contributed by atoms with Crippen LogP contribution in [-0.4, -0.2) is 13.1 Å². The van der Waals surface area contributed by atoms with Crippen LogP contribution in [0.25, 0.3) is 0 Å². The van der Waals surface area contributed by atoms with Crippen molar-refractivity contribution < 1.29 is 22.7 Å². The minimum atomic E-state index is -4.39. The van der Waals surface area contributed by atoms with Crippen LogP contribution in [0.1, 0.15) is 24.0 Å². The first kappa shape index (κ1) is 12.0. The maximum absolute atomic E-state index is 12.5. The van der Waals surface area contributed by atoms with Gasteiger partial charge in [0.25, 0.3) is 0 Å². The Hall–Kier alpha value is -1.52. The zero-order valence-electron chi connectivity index (χ0n) is 9.17. The van der Waals surface area contributed by atoms with Crippen molar-refractivity contribution in [1.82, 2.24) is 0 Å². The molecule has 0 heterocycles. The van der Waals surface area contributed by atoms with Crippen molar-refractivity contribution in [1.29, 1.82) is 0 Å². The molecule has 0 bridgehead atoms. The van der Waals surface area contributed by atoms with Crippen LogP contribution in [0.2, 0.25) is 0 Å². The van der Waals surface area contributed by atoms with Gasteiger partial charge in [-0.3, -0.25) is 4.79 Å². The summed E-state index contributed by atoms with van der Waals surface area (Å²) in [5.74, 6) is -0.461. The predicted octanol–water partition coefficient (Wildman–Crippen LogP) is 2.91. The van der Waals surface area contributed by atoms with Crippen LogP contribution in [0.3, 0.4) is 0 Å². The molecule has 0 N–H and O–H groups in total. The van der Waals surface area contributed by atoms with Crippen molar-refractivity contribution in [2.45, 2.75) is 24.4 Å². The second kappa shape index (κ2) is 3.75. The SMILES string of the molecule is COC(=O)C1(c2cccc(C(F)(F)F)c2)CC1. The average molecular weight is 244 g/mol. The lowest BCUT2D eigenvalue weighted by Crippen LogP contribution is -2.22. The minimum absolute atomic E-state index is 0.388. The molecule has 2 rings (SSSR count). The van der Waals surface area contributed by atoms with Gasteiger partial charge in [-0.25, -0.2) is 0 Å². The van der Waals surface area contributed by atoms with Crippen molar-refractivity contribution in [3.63, 3.8) is 0 Å². The van der Waals surface area contributed by atoms with Crippen LogP contribution in [0.15, 0.2) is 24.3 Å². The summed E-state index contributed by atoms with van der Waals surface area (Å²) < 4.78 is 42.3. The van der Waals surface area contributed by atoms with Crippen LogP contribution >= 0.6 is 0 Å². The van der Waals surface area contributed by atoms with Gasteiger partial charge in [0.15, 0.2) is 0 Å². The summed E-state index contributed by atoms with van der Waals surface area (Å²) in [5.41, 5.74) is -1.19. The third-order valence-electron chi connectivity index (χ3n) is 3.07. The largest absolute Gasteiger partial charge is 0.468 e. The number of ether oxygens (including phenoxy) is 1. The van der Waals surface area contributed by atoms with E-state index >= 15 is 0 Å². The Balaban J connectivity index is 2.38. The highest BCUT2D eigenvalue weighted by atomic mass is 19.4. The van der Waals surface area contributed by atoms with Gasteiger partial charge >= 0.3 is 12.1 Å². The quantitative estimate of drug-likeness (QED) is 0.748. The first-order valence-corrected chi connectivity index (χ1v) is 5.16. The summed E-state index contributed by atoms with van der Waals surface area (Å²) in [7, 11) is 1.25. The van der Waals surface area contributed by atoms with Crippen molar-refractivity contribution in [3.05, 3.63) is 35.4 Å². The van der Waals surface area contributed by atoms with E-state index in [2.05, 4.69) is 4.74 Å². The van der Waals surface area contributed by atoms with Gasteiger partial charge in [-0.2, -0.15) is 13.2 Å². The molecular weight excluding hydrogens is 233 g/mol. The summed E-state index contributed by atoms with van der Waals surface area (Å²) in [6.45, 7) is 0. The summed E-state index contributed by atoms with van der Waals surface area (Å²) in [5, 5.41) is 0. The van der Waals surface area contributed by atoms with E-state index in [0.29, 0.717) is 18.4 Å². The van der Waals surface area contributed by atoms with E-state index in [1.807, 2.05) is 0 Å². The van der Waals surface area contributed by atoms with E-state index in [-0.39, 0.29) is 0 Å².